The lowest BCUT2D eigenvalue weighted by molar-refractivity contribution is -0.183. The van der Waals surface area contributed by atoms with Crippen LogP contribution in [0.2, 0.25) is 5.02 Å². The van der Waals surface area contributed by atoms with E-state index in [9.17, 15) is 35.9 Å². The molecule has 4 rings (SSSR count). The molecule has 1 fully saturated rings. The molecule has 1 amide bonds. The van der Waals surface area contributed by atoms with Crippen molar-refractivity contribution in [3.05, 3.63) is 45.1 Å². The number of fused-ring (bicyclic) bond motifs is 1. The maximum Gasteiger partial charge on any atom is 0.392 e. The summed E-state index contributed by atoms with van der Waals surface area (Å²) >= 11 is 5.64. The second-order valence-corrected chi connectivity index (χ2v) is 8.21. The minimum Gasteiger partial charge on any atom is -0.335 e. The summed E-state index contributed by atoms with van der Waals surface area (Å²) in [7, 11) is 0. The molecule has 174 valence electrons. The van der Waals surface area contributed by atoms with Crippen LogP contribution in [0.15, 0.2) is 17.1 Å². The molecule has 0 unspecified atom stereocenters. The van der Waals surface area contributed by atoms with Gasteiger partial charge in [0.2, 0.25) is 5.91 Å². The molecule has 32 heavy (non-hydrogen) atoms. The van der Waals surface area contributed by atoms with Crippen LogP contribution < -0.4 is 5.69 Å². The molecule has 0 spiro atoms. The third-order valence-corrected chi connectivity index (χ3v) is 5.82. The van der Waals surface area contributed by atoms with E-state index < -0.39 is 80.4 Å². The van der Waals surface area contributed by atoms with Crippen LogP contribution in [-0.4, -0.2) is 61.7 Å². The number of carbonyl (C=O) groups is 1. The van der Waals surface area contributed by atoms with Crippen LogP contribution in [0, 0.1) is 11.7 Å². The molecule has 14 heteroatoms. The van der Waals surface area contributed by atoms with Gasteiger partial charge in [-0.25, -0.2) is 22.6 Å². The maximum atomic E-state index is 14.1. The molecule has 4 heterocycles. The lowest BCUT2D eigenvalue weighted by atomic mass is 9.91. The van der Waals surface area contributed by atoms with E-state index in [2.05, 4.69) is 10.1 Å². The topological polar surface area (TPSA) is 73.0 Å². The van der Waals surface area contributed by atoms with Crippen LogP contribution in [0.3, 0.4) is 0 Å². The fraction of sp³-hybridized carbons (Fsp3) is 0.556. The highest BCUT2D eigenvalue weighted by Gasteiger charge is 2.49. The van der Waals surface area contributed by atoms with Crippen molar-refractivity contribution in [3.63, 3.8) is 0 Å². The maximum absolute atomic E-state index is 14.1. The summed E-state index contributed by atoms with van der Waals surface area (Å²) in [5, 5.41) is 3.87. The van der Waals surface area contributed by atoms with Gasteiger partial charge in [-0.05, 0) is 12.5 Å². The number of hydrogen-bond acceptors (Lipinski definition) is 4. The van der Waals surface area contributed by atoms with E-state index in [4.69, 9.17) is 11.6 Å². The second kappa shape index (κ2) is 8.09. The van der Waals surface area contributed by atoms with Crippen molar-refractivity contribution in [1.29, 1.82) is 0 Å². The fourth-order valence-corrected chi connectivity index (χ4v) is 4.12. The molecule has 0 bridgehead atoms. The first-order chi connectivity index (χ1) is 15.0. The molecule has 4 atom stereocenters. The average Bonchev–Trinajstić information content (AvgIpc) is 3.21. The Labute approximate surface area is 181 Å². The van der Waals surface area contributed by atoms with Gasteiger partial charge in [0.25, 0.3) is 0 Å². The van der Waals surface area contributed by atoms with Crippen LogP contribution in [0.25, 0.3) is 0 Å². The van der Waals surface area contributed by atoms with E-state index in [0.717, 1.165) is 21.7 Å². The Morgan fingerprint density at radius 1 is 1.22 bits per heavy atom. The Morgan fingerprint density at radius 3 is 2.47 bits per heavy atom. The molecule has 2 aliphatic heterocycles. The summed E-state index contributed by atoms with van der Waals surface area (Å²) in [6.45, 7) is -1.75. The minimum atomic E-state index is -4.69. The number of likely N-dealkylation sites (tertiary alicyclic amines) is 1. The van der Waals surface area contributed by atoms with Crippen molar-refractivity contribution in [2.24, 2.45) is 5.92 Å². The van der Waals surface area contributed by atoms with E-state index in [1.165, 1.54) is 0 Å². The summed E-state index contributed by atoms with van der Waals surface area (Å²) < 4.78 is 83.1. The zero-order valence-corrected chi connectivity index (χ0v) is 17.0. The molecule has 0 aliphatic carbocycles. The third-order valence-electron chi connectivity index (χ3n) is 5.61. The van der Waals surface area contributed by atoms with Crippen molar-refractivity contribution in [2.45, 2.75) is 43.9 Å². The van der Waals surface area contributed by atoms with Gasteiger partial charge in [-0.1, -0.05) is 11.6 Å². The minimum absolute atomic E-state index is 0.00404. The number of hydrogen-bond donors (Lipinski definition) is 0. The van der Waals surface area contributed by atoms with E-state index in [0.29, 0.717) is 4.68 Å². The van der Waals surface area contributed by atoms with Gasteiger partial charge < -0.3 is 4.90 Å². The lowest BCUT2D eigenvalue weighted by Crippen LogP contribution is -2.45. The molecular weight excluding hydrogens is 468 g/mol. The highest BCUT2D eigenvalue weighted by Crippen LogP contribution is 2.39. The van der Waals surface area contributed by atoms with E-state index in [1.54, 1.807) is 0 Å². The Morgan fingerprint density at radius 2 is 1.88 bits per heavy atom. The van der Waals surface area contributed by atoms with E-state index in [-0.39, 0.29) is 16.5 Å². The molecule has 0 radical (unpaired) electrons. The molecule has 0 saturated carbocycles. The summed E-state index contributed by atoms with van der Waals surface area (Å²) in [4.78, 5) is 30.3. The smallest absolute Gasteiger partial charge is 0.335 e. The van der Waals surface area contributed by atoms with Crippen LogP contribution >= 0.6 is 11.6 Å². The Kier molecular flexibility index (Phi) is 5.72. The summed E-state index contributed by atoms with van der Waals surface area (Å²) in [5.41, 5.74) is -1.19. The normalized spacial score (nSPS) is 25.8. The van der Waals surface area contributed by atoms with Gasteiger partial charge >= 0.3 is 11.9 Å². The lowest BCUT2D eigenvalue weighted by Gasteiger charge is -2.32. The van der Waals surface area contributed by atoms with Crippen LogP contribution in [0.1, 0.15) is 24.0 Å². The molecule has 2 aromatic heterocycles. The van der Waals surface area contributed by atoms with Crippen molar-refractivity contribution < 1.29 is 31.1 Å². The second-order valence-electron chi connectivity index (χ2n) is 7.78. The van der Waals surface area contributed by atoms with Gasteiger partial charge in [0, 0.05) is 12.6 Å². The van der Waals surface area contributed by atoms with Crippen molar-refractivity contribution >= 4 is 17.5 Å². The standard InChI is InChI=1S/C18H16ClF6N5O2/c19-9-3-10(20)13(26-4-9)7-29-17(32)30-14(16(31)28-5-11(21)12(22)6-28)1-8(18(23,24)25)2-15(30)27-29/h3-4,8,11-12,14H,1-2,5-7H2/t8-,11-,12+,14-/m1/s1. The number of carbonyl (C=O) groups excluding carboxylic acids is 1. The van der Waals surface area contributed by atoms with Gasteiger partial charge in [-0.2, -0.15) is 18.3 Å². The molecule has 0 N–H and O–H groups in total. The van der Waals surface area contributed by atoms with E-state index >= 15 is 0 Å². The third kappa shape index (κ3) is 4.09. The average molecular weight is 484 g/mol. The van der Waals surface area contributed by atoms with Gasteiger partial charge in [-0.3, -0.25) is 14.3 Å². The summed E-state index contributed by atoms with van der Waals surface area (Å²) in [5.74, 6) is -4.17. The van der Waals surface area contributed by atoms with Gasteiger partial charge in [0.15, 0.2) is 12.3 Å². The Bertz CT molecular complexity index is 1090. The fourth-order valence-electron chi connectivity index (χ4n) is 3.98. The number of halogens is 7. The predicted molar refractivity (Wildman–Crippen MR) is 98.1 cm³/mol. The quantitative estimate of drug-likeness (QED) is 0.629. The van der Waals surface area contributed by atoms with Crippen LogP contribution in [0.5, 0.6) is 0 Å². The molecule has 2 aliphatic rings. The van der Waals surface area contributed by atoms with E-state index in [1.807, 2.05) is 0 Å². The zero-order valence-electron chi connectivity index (χ0n) is 16.2. The Hall–Kier alpha value is -2.57. The highest BCUT2D eigenvalue weighted by molar-refractivity contribution is 6.30. The molecular formula is C18H16ClF6N5O2. The predicted octanol–water partition coefficient (Wildman–Crippen LogP) is 2.46. The summed E-state index contributed by atoms with van der Waals surface area (Å²) in [6.07, 6.45) is -8.94. The largest absolute Gasteiger partial charge is 0.392 e. The van der Waals surface area contributed by atoms with Crippen LogP contribution in [-0.2, 0) is 17.8 Å². The molecule has 7 nitrogen and oxygen atoms in total. The first kappa shape index (κ1) is 22.6. The van der Waals surface area contributed by atoms with Gasteiger partial charge in [0.1, 0.15) is 17.7 Å². The first-order valence-corrected chi connectivity index (χ1v) is 9.95. The SMILES string of the molecule is O=C([C@H]1C[C@@H](C(F)(F)F)Cc2nn(Cc3ncc(Cl)cc3F)c(=O)n21)N1C[C@@H](F)[C@@H](F)C1. The monoisotopic (exact) mass is 483 g/mol. The first-order valence-electron chi connectivity index (χ1n) is 9.57. The van der Waals surface area contributed by atoms with Gasteiger partial charge in [0.05, 0.1) is 36.3 Å². The highest BCUT2D eigenvalue weighted by atomic mass is 35.5. The number of amides is 1. The number of aromatic nitrogens is 4. The molecule has 1 saturated heterocycles. The Balaban J connectivity index is 1.71. The van der Waals surface area contributed by atoms with Crippen LogP contribution in [0.4, 0.5) is 26.3 Å². The van der Waals surface area contributed by atoms with Crippen molar-refractivity contribution in [1.82, 2.24) is 24.2 Å². The number of alkyl halides is 5. The molecule has 0 aromatic carbocycles. The number of nitrogens with zero attached hydrogens (tertiary/aromatic N) is 5. The molecule has 2 aromatic rings. The number of rotatable bonds is 3. The van der Waals surface area contributed by atoms with Crippen molar-refractivity contribution in [3.8, 4) is 0 Å². The van der Waals surface area contributed by atoms with Gasteiger partial charge in [-0.15, -0.1) is 0 Å². The zero-order chi connectivity index (χ0) is 23.4. The number of pyridine rings is 1. The summed E-state index contributed by atoms with van der Waals surface area (Å²) in [6, 6.07) is -0.697. The van der Waals surface area contributed by atoms with Crippen molar-refractivity contribution in [2.75, 3.05) is 13.1 Å².